The zero-order chi connectivity index (χ0) is 19.8. The van der Waals surface area contributed by atoms with Crippen LogP contribution in [0.4, 0.5) is 4.39 Å². The molecule has 0 bridgehead atoms. The number of benzene rings is 1. The second-order valence-corrected chi connectivity index (χ2v) is 8.94. The summed E-state index contributed by atoms with van der Waals surface area (Å²) >= 11 is 0. The topological polar surface area (TPSA) is 62.6 Å². The van der Waals surface area contributed by atoms with Gasteiger partial charge in [0.15, 0.2) is 5.78 Å². The van der Waals surface area contributed by atoms with Crippen molar-refractivity contribution in [2.45, 2.75) is 13.8 Å². The first-order chi connectivity index (χ1) is 12.7. The number of piperazine rings is 1. The molecular formula is C19H24FN3O3S. The highest BCUT2D eigenvalue weighted by Crippen LogP contribution is 2.22. The third-order valence-electron chi connectivity index (χ3n) is 4.98. The second kappa shape index (κ2) is 7.53. The standard InChI is InChI=1S/C19H24FN3O3S/c1-14-12-18(15(2)23(14)17-6-4-16(20)5-7-17)19(24)13-21-8-10-22(11-9-21)27(3,25)26/h4-7,12H,8-11,13H2,1-3H3. The van der Waals surface area contributed by atoms with Gasteiger partial charge in [-0.15, -0.1) is 0 Å². The molecule has 0 saturated carbocycles. The Kier molecular flexibility index (Phi) is 5.50. The van der Waals surface area contributed by atoms with E-state index in [-0.39, 0.29) is 18.1 Å². The van der Waals surface area contributed by atoms with Crippen LogP contribution in [0, 0.1) is 19.7 Å². The van der Waals surface area contributed by atoms with Gasteiger partial charge in [-0.1, -0.05) is 0 Å². The Hall–Kier alpha value is -2.03. The van der Waals surface area contributed by atoms with Crippen LogP contribution in [0.5, 0.6) is 0 Å². The molecule has 0 N–H and O–H groups in total. The Balaban J connectivity index is 1.73. The Labute approximate surface area is 159 Å². The third kappa shape index (κ3) is 4.28. The van der Waals surface area contributed by atoms with Crippen LogP contribution in [0.3, 0.4) is 0 Å². The zero-order valence-corrected chi connectivity index (χ0v) is 16.6. The molecule has 1 aliphatic heterocycles. The second-order valence-electron chi connectivity index (χ2n) is 6.96. The lowest BCUT2D eigenvalue weighted by Crippen LogP contribution is -2.49. The maximum atomic E-state index is 13.2. The normalized spacial score (nSPS) is 16.6. The smallest absolute Gasteiger partial charge is 0.211 e. The van der Waals surface area contributed by atoms with Crippen molar-refractivity contribution in [1.29, 1.82) is 0 Å². The highest BCUT2D eigenvalue weighted by molar-refractivity contribution is 7.88. The number of aromatic nitrogens is 1. The molecule has 2 heterocycles. The molecule has 0 aliphatic carbocycles. The molecule has 1 fully saturated rings. The number of aryl methyl sites for hydroxylation is 1. The van der Waals surface area contributed by atoms with E-state index in [4.69, 9.17) is 0 Å². The first-order valence-corrected chi connectivity index (χ1v) is 10.7. The monoisotopic (exact) mass is 393 g/mol. The van der Waals surface area contributed by atoms with Gasteiger partial charge in [0.25, 0.3) is 0 Å². The van der Waals surface area contributed by atoms with Crippen LogP contribution in [0.2, 0.25) is 0 Å². The molecule has 1 aromatic carbocycles. The molecule has 6 nitrogen and oxygen atoms in total. The molecule has 27 heavy (non-hydrogen) atoms. The quantitative estimate of drug-likeness (QED) is 0.729. The Morgan fingerprint density at radius 2 is 1.67 bits per heavy atom. The summed E-state index contributed by atoms with van der Waals surface area (Å²) in [4.78, 5) is 14.8. The fourth-order valence-electron chi connectivity index (χ4n) is 3.54. The van der Waals surface area contributed by atoms with Gasteiger partial charge in [0, 0.05) is 48.8 Å². The summed E-state index contributed by atoms with van der Waals surface area (Å²) < 4.78 is 39.7. The number of halogens is 1. The molecule has 0 spiro atoms. The van der Waals surface area contributed by atoms with Crippen molar-refractivity contribution in [2.75, 3.05) is 39.0 Å². The van der Waals surface area contributed by atoms with E-state index in [1.807, 2.05) is 29.4 Å². The van der Waals surface area contributed by atoms with Crippen LogP contribution >= 0.6 is 0 Å². The third-order valence-corrected chi connectivity index (χ3v) is 6.29. The molecular weight excluding hydrogens is 369 g/mol. The van der Waals surface area contributed by atoms with E-state index in [0.29, 0.717) is 31.7 Å². The number of carbonyl (C=O) groups excluding carboxylic acids is 1. The van der Waals surface area contributed by atoms with Crippen molar-refractivity contribution in [1.82, 2.24) is 13.8 Å². The Morgan fingerprint density at radius 3 is 2.22 bits per heavy atom. The minimum Gasteiger partial charge on any atom is -0.318 e. The van der Waals surface area contributed by atoms with Crippen LogP contribution in [0.25, 0.3) is 5.69 Å². The lowest BCUT2D eigenvalue weighted by molar-refractivity contribution is 0.0901. The minimum atomic E-state index is -3.18. The molecule has 3 rings (SSSR count). The summed E-state index contributed by atoms with van der Waals surface area (Å²) in [5, 5.41) is 0. The maximum Gasteiger partial charge on any atom is 0.211 e. The van der Waals surface area contributed by atoms with Crippen molar-refractivity contribution in [2.24, 2.45) is 0 Å². The lowest BCUT2D eigenvalue weighted by Gasteiger charge is -2.32. The van der Waals surface area contributed by atoms with Gasteiger partial charge in [-0.05, 0) is 44.2 Å². The summed E-state index contributed by atoms with van der Waals surface area (Å²) in [6.45, 7) is 5.93. The van der Waals surface area contributed by atoms with Gasteiger partial charge < -0.3 is 4.57 Å². The first kappa shape index (κ1) is 19.7. The number of nitrogens with zero attached hydrogens (tertiary/aromatic N) is 3. The van der Waals surface area contributed by atoms with Gasteiger partial charge in [0.2, 0.25) is 10.0 Å². The molecule has 146 valence electrons. The first-order valence-electron chi connectivity index (χ1n) is 8.82. The van der Waals surface area contributed by atoms with Gasteiger partial charge in [-0.25, -0.2) is 12.8 Å². The molecule has 1 saturated heterocycles. The molecule has 0 unspecified atom stereocenters. The number of hydrogen-bond donors (Lipinski definition) is 0. The van der Waals surface area contributed by atoms with E-state index in [9.17, 15) is 17.6 Å². The molecule has 0 radical (unpaired) electrons. The summed E-state index contributed by atoms with van der Waals surface area (Å²) in [6.07, 6.45) is 1.21. The van der Waals surface area contributed by atoms with Gasteiger partial charge in [0.05, 0.1) is 12.8 Å². The van der Waals surface area contributed by atoms with E-state index in [1.165, 1.54) is 22.7 Å². The van der Waals surface area contributed by atoms with Crippen LogP contribution in [0.1, 0.15) is 21.7 Å². The predicted molar refractivity (Wildman–Crippen MR) is 102 cm³/mol. The van der Waals surface area contributed by atoms with E-state index in [0.717, 1.165) is 17.1 Å². The molecule has 2 aromatic rings. The van der Waals surface area contributed by atoms with Crippen molar-refractivity contribution >= 4 is 15.8 Å². The van der Waals surface area contributed by atoms with E-state index >= 15 is 0 Å². The predicted octanol–water partition coefficient (Wildman–Crippen LogP) is 1.99. The SMILES string of the molecule is Cc1cc(C(=O)CN2CCN(S(C)(=O)=O)CC2)c(C)n1-c1ccc(F)cc1. The molecule has 0 amide bonds. The lowest BCUT2D eigenvalue weighted by atomic mass is 10.1. The van der Waals surface area contributed by atoms with Crippen molar-refractivity contribution in [3.63, 3.8) is 0 Å². The maximum absolute atomic E-state index is 13.2. The summed E-state index contributed by atoms with van der Waals surface area (Å²) in [6, 6.07) is 8.03. The van der Waals surface area contributed by atoms with Crippen LogP contribution in [-0.2, 0) is 10.0 Å². The van der Waals surface area contributed by atoms with Crippen molar-refractivity contribution in [3.8, 4) is 5.69 Å². The summed E-state index contributed by atoms with van der Waals surface area (Å²) in [5.41, 5.74) is 3.18. The zero-order valence-electron chi connectivity index (χ0n) is 15.8. The highest BCUT2D eigenvalue weighted by atomic mass is 32.2. The fourth-order valence-corrected chi connectivity index (χ4v) is 4.37. The van der Waals surface area contributed by atoms with Gasteiger partial charge in [0.1, 0.15) is 5.82 Å². The van der Waals surface area contributed by atoms with E-state index < -0.39 is 10.0 Å². The largest absolute Gasteiger partial charge is 0.318 e. The molecule has 1 aliphatic rings. The van der Waals surface area contributed by atoms with E-state index in [1.54, 1.807) is 12.1 Å². The number of carbonyl (C=O) groups is 1. The number of ketones is 1. The Morgan fingerprint density at radius 1 is 1.07 bits per heavy atom. The Bertz CT molecular complexity index is 943. The highest BCUT2D eigenvalue weighted by Gasteiger charge is 2.25. The average Bonchev–Trinajstić information content (AvgIpc) is 2.90. The number of sulfonamides is 1. The molecule has 1 aromatic heterocycles. The van der Waals surface area contributed by atoms with Gasteiger partial charge >= 0.3 is 0 Å². The van der Waals surface area contributed by atoms with Gasteiger partial charge in [-0.2, -0.15) is 4.31 Å². The fraction of sp³-hybridized carbons (Fsp3) is 0.421. The van der Waals surface area contributed by atoms with Gasteiger partial charge in [-0.3, -0.25) is 9.69 Å². The number of hydrogen-bond acceptors (Lipinski definition) is 4. The number of rotatable bonds is 5. The summed E-state index contributed by atoms with van der Waals surface area (Å²) in [7, 11) is -3.18. The summed E-state index contributed by atoms with van der Waals surface area (Å²) in [5.74, 6) is -0.296. The number of Topliss-reactive ketones (excluding diaryl/α,β-unsaturated/α-hetero) is 1. The molecule has 0 atom stereocenters. The van der Waals surface area contributed by atoms with Crippen LogP contribution in [-0.4, -0.2) is 67.0 Å². The van der Waals surface area contributed by atoms with E-state index in [2.05, 4.69) is 0 Å². The van der Waals surface area contributed by atoms with Crippen LogP contribution in [0.15, 0.2) is 30.3 Å². The van der Waals surface area contributed by atoms with Crippen LogP contribution < -0.4 is 0 Å². The minimum absolute atomic E-state index is 0.00395. The molecule has 8 heteroatoms. The van der Waals surface area contributed by atoms with Crippen molar-refractivity contribution < 1.29 is 17.6 Å². The average molecular weight is 393 g/mol. The van der Waals surface area contributed by atoms with Crippen molar-refractivity contribution in [3.05, 3.63) is 53.1 Å².